The zero-order valence-electron chi connectivity index (χ0n) is 23.9. The van der Waals surface area contributed by atoms with E-state index in [4.69, 9.17) is 9.47 Å². The number of nitrogens with zero attached hydrogens (tertiary/aromatic N) is 2. The third-order valence-electron chi connectivity index (χ3n) is 7.16. The highest BCUT2D eigenvalue weighted by atomic mass is 16.5. The zero-order valence-corrected chi connectivity index (χ0v) is 23.9. The molecule has 2 aromatic rings. The van der Waals surface area contributed by atoms with Gasteiger partial charge in [-0.15, -0.1) is 0 Å². The Kier molecular flexibility index (Phi) is 10.0. The van der Waals surface area contributed by atoms with E-state index in [0.29, 0.717) is 72.4 Å². The van der Waals surface area contributed by atoms with Gasteiger partial charge < -0.3 is 20.1 Å². The molecule has 2 N–H and O–H groups in total. The van der Waals surface area contributed by atoms with Crippen molar-refractivity contribution in [1.29, 1.82) is 0 Å². The van der Waals surface area contributed by atoms with Gasteiger partial charge in [-0.1, -0.05) is 13.8 Å². The van der Waals surface area contributed by atoms with Crippen LogP contribution < -0.4 is 10.6 Å². The fourth-order valence-electron chi connectivity index (χ4n) is 5.13. The van der Waals surface area contributed by atoms with Gasteiger partial charge in [0, 0.05) is 85.5 Å². The number of benzene rings is 2. The van der Waals surface area contributed by atoms with Gasteiger partial charge in [-0.2, -0.15) is 0 Å². The topological polar surface area (TPSA) is 117 Å². The lowest BCUT2D eigenvalue weighted by atomic mass is 9.86. The number of hydrogen-bond acceptors (Lipinski definition) is 8. The van der Waals surface area contributed by atoms with Crippen molar-refractivity contribution < 1.29 is 28.7 Å². The summed E-state index contributed by atoms with van der Waals surface area (Å²) >= 11 is 0. The van der Waals surface area contributed by atoms with Gasteiger partial charge in [-0.05, 0) is 51.0 Å². The predicted octanol–water partition coefficient (Wildman–Crippen LogP) is 2.84. The second-order valence-electron chi connectivity index (χ2n) is 10.4. The first-order chi connectivity index (χ1) is 19.3. The molecule has 2 aliphatic heterocycles. The molecule has 10 heteroatoms. The van der Waals surface area contributed by atoms with Crippen LogP contribution in [-0.2, 0) is 9.47 Å². The first-order valence-electron chi connectivity index (χ1n) is 14.3. The highest BCUT2D eigenvalue weighted by Crippen LogP contribution is 2.37. The van der Waals surface area contributed by atoms with Crippen molar-refractivity contribution in [3.05, 3.63) is 46.5 Å². The van der Waals surface area contributed by atoms with Gasteiger partial charge in [0.2, 0.25) is 0 Å². The molecule has 216 valence electrons. The average Bonchev–Trinajstić information content (AvgIpc) is 2.95. The molecule has 0 aromatic heterocycles. The summed E-state index contributed by atoms with van der Waals surface area (Å²) < 4.78 is 11.3. The Morgan fingerprint density at radius 1 is 0.625 bits per heavy atom. The van der Waals surface area contributed by atoms with Crippen molar-refractivity contribution in [3.63, 3.8) is 0 Å². The number of amides is 4. The van der Waals surface area contributed by atoms with Gasteiger partial charge in [0.15, 0.2) is 0 Å². The first-order valence-corrected chi connectivity index (χ1v) is 14.3. The fraction of sp³-hybridized carbons (Fsp3) is 0.533. The lowest BCUT2D eigenvalue weighted by molar-refractivity contribution is 0.0570. The average molecular weight is 553 g/mol. The summed E-state index contributed by atoms with van der Waals surface area (Å²) in [6, 6.07) is 6.38. The molecule has 4 rings (SSSR count). The van der Waals surface area contributed by atoms with Crippen molar-refractivity contribution in [1.82, 2.24) is 20.4 Å². The number of nitrogens with one attached hydrogen (secondary N) is 2. The minimum atomic E-state index is -0.427. The van der Waals surface area contributed by atoms with E-state index < -0.39 is 23.6 Å². The molecule has 2 unspecified atom stereocenters. The molecule has 0 spiro atoms. The Bertz CT molecular complexity index is 1110. The molecule has 4 amide bonds. The molecule has 0 fully saturated rings. The van der Waals surface area contributed by atoms with Gasteiger partial charge in [0.1, 0.15) is 0 Å². The highest BCUT2D eigenvalue weighted by molar-refractivity contribution is 6.33. The molecule has 40 heavy (non-hydrogen) atoms. The van der Waals surface area contributed by atoms with Crippen LogP contribution in [0.1, 0.15) is 82.0 Å². The van der Waals surface area contributed by atoms with Gasteiger partial charge >= 0.3 is 0 Å². The van der Waals surface area contributed by atoms with Crippen molar-refractivity contribution in [2.75, 3.05) is 52.5 Å². The summed E-state index contributed by atoms with van der Waals surface area (Å²) in [6.07, 6.45) is 1.93. The van der Waals surface area contributed by atoms with Gasteiger partial charge in [0.25, 0.3) is 23.6 Å². The minimum Gasteiger partial charge on any atom is -0.377 e. The molecule has 2 aromatic carbocycles. The van der Waals surface area contributed by atoms with Crippen molar-refractivity contribution in [2.24, 2.45) is 0 Å². The quantitative estimate of drug-likeness (QED) is 0.241. The molecular weight excluding hydrogens is 512 g/mol. The number of ether oxygens (including phenoxy) is 2. The maximum Gasteiger partial charge on any atom is 0.261 e. The largest absolute Gasteiger partial charge is 0.377 e. The molecule has 0 bridgehead atoms. The predicted molar refractivity (Wildman–Crippen MR) is 152 cm³/mol. The monoisotopic (exact) mass is 552 g/mol. The molecular formula is C30H40N4O6. The van der Waals surface area contributed by atoms with Crippen LogP contribution in [0.15, 0.2) is 24.3 Å². The van der Waals surface area contributed by atoms with Crippen LogP contribution in [0.25, 0.3) is 10.8 Å². The van der Waals surface area contributed by atoms with Crippen LogP contribution in [0, 0.1) is 0 Å². The Morgan fingerprint density at radius 3 is 1.25 bits per heavy atom. The third-order valence-corrected chi connectivity index (χ3v) is 7.16. The Labute approximate surface area is 235 Å². The van der Waals surface area contributed by atoms with Crippen LogP contribution in [0.2, 0.25) is 0 Å². The molecule has 0 saturated carbocycles. The van der Waals surface area contributed by atoms with Crippen molar-refractivity contribution in [3.8, 4) is 0 Å². The van der Waals surface area contributed by atoms with Crippen LogP contribution in [0.3, 0.4) is 0 Å². The van der Waals surface area contributed by atoms with Crippen LogP contribution in [0.4, 0.5) is 0 Å². The molecule has 0 saturated heterocycles. The van der Waals surface area contributed by atoms with Crippen LogP contribution in [0.5, 0.6) is 0 Å². The second-order valence-corrected chi connectivity index (χ2v) is 10.4. The minimum absolute atomic E-state index is 0.0263. The van der Waals surface area contributed by atoms with Crippen molar-refractivity contribution >= 4 is 34.4 Å². The Hall–Kier alpha value is -3.18. The van der Waals surface area contributed by atoms with E-state index in [1.165, 1.54) is 9.80 Å². The summed E-state index contributed by atoms with van der Waals surface area (Å²) in [5, 5.41) is 7.26. The van der Waals surface area contributed by atoms with E-state index in [0.717, 1.165) is 12.8 Å². The van der Waals surface area contributed by atoms with Gasteiger partial charge in [-0.25, -0.2) is 0 Å². The summed E-state index contributed by atoms with van der Waals surface area (Å²) in [5.41, 5.74) is 1.30. The normalized spacial score (nSPS) is 16.3. The third kappa shape index (κ3) is 6.10. The lowest BCUT2D eigenvalue weighted by Crippen LogP contribution is -2.46. The fourth-order valence-corrected chi connectivity index (χ4v) is 5.13. The van der Waals surface area contributed by atoms with Gasteiger partial charge in [-0.3, -0.25) is 29.0 Å². The van der Waals surface area contributed by atoms with Crippen LogP contribution in [-0.4, -0.2) is 98.1 Å². The molecule has 2 heterocycles. The van der Waals surface area contributed by atoms with Gasteiger partial charge in [0.05, 0.1) is 12.2 Å². The Balaban J connectivity index is 1.47. The number of hydrogen-bond donors (Lipinski definition) is 2. The number of rotatable bonds is 16. The summed E-state index contributed by atoms with van der Waals surface area (Å²) in [6.45, 7) is 11.9. The maximum atomic E-state index is 13.4. The second kappa shape index (κ2) is 13.5. The number of imide groups is 2. The van der Waals surface area contributed by atoms with E-state index in [1.807, 2.05) is 27.7 Å². The first kappa shape index (κ1) is 29.8. The molecule has 2 atom stereocenters. The Morgan fingerprint density at radius 2 is 0.950 bits per heavy atom. The van der Waals surface area contributed by atoms with E-state index >= 15 is 0 Å². The SMILES string of the molecule is CCCOC(C)CNCCN1C(=O)c2ccc3c4c(ccc(c24)C1=O)C(=O)N(CCNCC(C)OCCC)C3=O. The number of carbonyl (C=O) groups excluding carboxylic acids is 4. The van der Waals surface area contributed by atoms with Crippen molar-refractivity contribution in [2.45, 2.75) is 52.7 Å². The van der Waals surface area contributed by atoms with E-state index in [2.05, 4.69) is 10.6 Å². The molecule has 0 radical (unpaired) electrons. The highest BCUT2D eigenvalue weighted by Gasteiger charge is 2.39. The molecule has 0 aliphatic carbocycles. The summed E-state index contributed by atoms with van der Waals surface area (Å²) in [5.74, 6) is -1.71. The molecule has 2 aliphatic rings. The van der Waals surface area contributed by atoms with Crippen LogP contribution >= 0.6 is 0 Å². The van der Waals surface area contributed by atoms with E-state index in [1.54, 1.807) is 24.3 Å². The summed E-state index contributed by atoms with van der Waals surface area (Å²) in [4.78, 5) is 56.0. The number of carbonyl (C=O) groups is 4. The molecule has 10 nitrogen and oxygen atoms in total. The maximum absolute atomic E-state index is 13.4. The smallest absolute Gasteiger partial charge is 0.261 e. The van der Waals surface area contributed by atoms with E-state index in [9.17, 15) is 19.2 Å². The summed E-state index contributed by atoms with van der Waals surface area (Å²) in [7, 11) is 0. The standard InChI is InChI=1S/C30H40N4O6/c1-5-15-39-19(3)17-31-11-13-33-27(35)21-7-9-23-26-24(10-8-22(25(21)26)28(33)36)30(38)34(29(23)37)14-12-32-18-20(4)40-16-6-2/h7-10,19-20,31-32H,5-6,11-18H2,1-4H3. The van der Waals surface area contributed by atoms with E-state index in [-0.39, 0.29) is 25.3 Å². The zero-order chi connectivity index (χ0) is 28.8. The lowest BCUT2D eigenvalue weighted by Gasteiger charge is -2.32.